The Morgan fingerprint density at radius 3 is 2.29 bits per heavy atom. The van der Waals surface area contributed by atoms with Gasteiger partial charge in [0.25, 0.3) is 0 Å². The van der Waals surface area contributed by atoms with Crippen LogP contribution in [0.3, 0.4) is 0 Å². The SMILES string of the molecule is CCCCCCCCC=C(C)C(=O)O. The maximum Gasteiger partial charge on any atom is 0.330 e. The van der Waals surface area contributed by atoms with Crippen LogP contribution in [0.1, 0.15) is 58.8 Å². The predicted octanol–water partition coefficient (Wildman–Crippen LogP) is 3.77. The summed E-state index contributed by atoms with van der Waals surface area (Å²) in [6, 6.07) is 0. The zero-order valence-electron chi connectivity index (χ0n) is 9.38. The number of hydrogen-bond donors (Lipinski definition) is 1. The second-order valence-electron chi connectivity index (χ2n) is 3.75. The molecular formula is C12H22O2. The molecule has 0 spiro atoms. The Labute approximate surface area is 87.0 Å². The number of unbranched alkanes of at least 4 members (excludes halogenated alkanes) is 6. The normalized spacial score (nSPS) is 11.7. The quantitative estimate of drug-likeness (QED) is 0.476. The second kappa shape index (κ2) is 8.79. The van der Waals surface area contributed by atoms with Gasteiger partial charge in [-0.2, -0.15) is 0 Å². The van der Waals surface area contributed by atoms with Crippen molar-refractivity contribution in [3.05, 3.63) is 11.6 Å². The first-order chi connectivity index (χ1) is 6.68. The molecule has 14 heavy (non-hydrogen) atoms. The van der Waals surface area contributed by atoms with E-state index in [1.807, 2.05) is 6.08 Å². The first-order valence-corrected chi connectivity index (χ1v) is 5.58. The van der Waals surface area contributed by atoms with Crippen LogP contribution >= 0.6 is 0 Å². The smallest absolute Gasteiger partial charge is 0.330 e. The molecule has 0 aliphatic heterocycles. The van der Waals surface area contributed by atoms with Gasteiger partial charge in [-0.1, -0.05) is 45.1 Å². The minimum Gasteiger partial charge on any atom is -0.478 e. The minimum absolute atomic E-state index is 0.471. The van der Waals surface area contributed by atoms with Crippen LogP contribution in [-0.2, 0) is 4.79 Å². The number of carboxylic acid groups (broad SMARTS) is 1. The van der Waals surface area contributed by atoms with Crippen LogP contribution in [0.2, 0.25) is 0 Å². The molecule has 82 valence electrons. The third-order valence-electron chi connectivity index (χ3n) is 2.35. The molecule has 0 aromatic rings. The third kappa shape index (κ3) is 7.84. The van der Waals surface area contributed by atoms with Crippen molar-refractivity contribution in [3.8, 4) is 0 Å². The van der Waals surface area contributed by atoms with Crippen molar-refractivity contribution >= 4 is 5.97 Å². The van der Waals surface area contributed by atoms with Gasteiger partial charge >= 0.3 is 5.97 Å². The van der Waals surface area contributed by atoms with Crippen molar-refractivity contribution in [2.75, 3.05) is 0 Å². The van der Waals surface area contributed by atoms with Gasteiger partial charge < -0.3 is 5.11 Å². The number of carboxylic acids is 1. The van der Waals surface area contributed by atoms with Gasteiger partial charge in [-0.25, -0.2) is 4.79 Å². The standard InChI is InChI=1S/C12H22O2/c1-3-4-5-6-7-8-9-10-11(2)12(13)14/h10H,3-9H2,1-2H3,(H,13,14). The van der Waals surface area contributed by atoms with Gasteiger partial charge in [-0.15, -0.1) is 0 Å². The molecule has 2 nitrogen and oxygen atoms in total. The highest BCUT2D eigenvalue weighted by molar-refractivity contribution is 5.85. The predicted molar refractivity (Wildman–Crippen MR) is 59.4 cm³/mol. The Kier molecular flexibility index (Phi) is 8.30. The van der Waals surface area contributed by atoms with Gasteiger partial charge in [0, 0.05) is 5.57 Å². The molecule has 0 fully saturated rings. The summed E-state index contributed by atoms with van der Waals surface area (Å²) in [4.78, 5) is 10.4. The fourth-order valence-corrected chi connectivity index (χ4v) is 1.33. The van der Waals surface area contributed by atoms with E-state index >= 15 is 0 Å². The van der Waals surface area contributed by atoms with Crippen LogP contribution in [0.4, 0.5) is 0 Å². The van der Waals surface area contributed by atoms with Crippen molar-refractivity contribution in [2.24, 2.45) is 0 Å². The summed E-state index contributed by atoms with van der Waals surface area (Å²) in [5.74, 6) is -0.795. The molecule has 0 saturated carbocycles. The summed E-state index contributed by atoms with van der Waals surface area (Å²) in [7, 11) is 0. The van der Waals surface area contributed by atoms with Gasteiger partial charge in [0.2, 0.25) is 0 Å². The molecule has 0 bridgehead atoms. The molecule has 0 amide bonds. The molecule has 0 radical (unpaired) electrons. The minimum atomic E-state index is -0.795. The highest BCUT2D eigenvalue weighted by atomic mass is 16.4. The maximum atomic E-state index is 10.4. The number of carbonyl (C=O) groups is 1. The summed E-state index contributed by atoms with van der Waals surface area (Å²) >= 11 is 0. The van der Waals surface area contributed by atoms with Crippen LogP contribution in [0.15, 0.2) is 11.6 Å². The van der Waals surface area contributed by atoms with E-state index in [1.54, 1.807) is 6.92 Å². The van der Waals surface area contributed by atoms with Crippen molar-refractivity contribution in [2.45, 2.75) is 58.8 Å². The monoisotopic (exact) mass is 198 g/mol. The van der Waals surface area contributed by atoms with E-state index in [0.717, 1.165) is 12.8 Å². The zero-order chi connectivity index (χ0) is 10.8. The van der Waals surface area contributed by atoms with Crippen LogP contribution in [-0.4, -0.2) is 11.1 Å². The van der Waals surface area contributed by atoms with Crippen LogP contribution in [0, 0.1) is 0 Å². The molecule has 0 atom stereocenters. The fraction of sp³-hybridized carbons (Fsp3) is 0.750. The molecular weight excluding hydrogens is 176 g/mol. The molecule has 2 heteroatoms. The van der Waals surface area contributed by atoms with E-state index in [-0.39, 0.29) is 0 Å². The second-order valence-corrected chi connectivity index (χ2v) is 3.75. The fourth-order valence-electron chi connectivity index (χ4n) is 1.33. The van der Waals surface area contributed by atoms with E-state index in [9.17, 15) is 4.79 Å². The largest absolute Gasteiger partial charge is 0.478 e. The zero-order valence-corrected chi connectivity index (χ0v) is 9.38. The van der Waals surface area contributed by atoms with Gasteiger partial charge in [0.1, 0.15) is 0 Å². The van der Waals surface area contributed by atoms with Crippen molar-refractivity contribution in [3.63, 3.8) is 0 Å². The summed E-state index contributed by atoms with van der Waals surface area (Å²) in [5.41, 5.74) is 0.471. The summed E-state index contributed by atoms with van der Waals surface area (Å²) < 4.78 is 0. The molecule has 0 aromatic carbocycles. The molecule has 0 unspecified atom stereocenters. The van der Waals surface area contributed by atoms with Crippen molar-refractivity contribution < 1.29 is 9.90 Å². The topological polar surface area (TPSA) is 37.3 Å². The first-order valence-electron chi connectivity index (χ1n) is 5.58. The van der Waals surface area contributed by atoms with E-state index in [4.69, 9.17) is 5.11 Å². The molecule has 0 aliphatic rings. The average Bonchev–Trinajstić information content (AvgIpc) is 2.16. The van der Waals surface area contributed by atoms with Crippen molar-refractivity contribution in [1.29, 1.82) is 0 Å². The van der Waals surface area contributed by atoms with Gasteiger partial charge in [-0.05, 0) is 19.8 Å². The lowest BCUT2D eigenvalue weighted by Crippen LogP contribution is -1.95. The highest BCUT2D eigenvalue weighted by Crippen LogP contribution is 2.08. The lowest BCUT2D eigenvalue weighted by molar-refractivity contribution is -0.132. The average molecular weight is 198 g/mol. The Bertz CT molecular complexity index is 183. The highest BCUT2D eigenvalue weighted by Gasteiger charge is 1.97. The lowest BCUT2D eigenvalue weighted by Gasteiger charge is -1.98. The summed E-state index contributed by atoms with van der Waals surface area (Å²) in [5, 5.41) is 8.59. The van der Waals surface area contributed by atoms with Crippen LogP contribution < -0.4 is 0 Å². The number of aliphatic carboxylic acids is 1. The van der Waals surface area contributed by atoms with Crippen molar-refractivity contribution in [1.82, 2.24) is 0 Å². The molecule has 0 rings (SSSR count). The first kappa shape index (κ1) is 13.2. The third-order valence-corrected chi connectivity index (χ3v) is 2.35. The Hall–Kier alpha value is -0.790. The maximum absolute atomic E-state index is 10.4. The molecule has 0 aliphatic carbocycles. The van der Waals surface area contributed by atoms with Crippen LogP contribution in [0.25, 0.3) is 0 Å². The molecule has 0 saturated heterocycles. The molecule has 1 N–H and O–H groups in total. The van der Waals surface area contributed by atoms with Crippen LogP contribution in [0.5, 0.6) is 0 Å². The molecule has 0 aromatic heterocycles. The van der Waals surface area contributed by atoms with Gasteiger partial charge in [0.15, 0.2) is 0 Å². The number of hydrogen-bond acceptors (Lipinski definition) is 1. The molecule has 0 heterocycles. The number of rotatable bonds is 8. The van der Waals surface area contributed by atoms with E-state index in [0.29, 0.717) is 5.57 Å². The van der Waals surface area contributed by atoms with Gasteiger partial charge in [0.05, 0.1) is 0 Å². The van der Waals surface area contributed by atoms with E-state index < -0.39 is 5.97 Å². The number of allylic oxidation sites excluding steroid dienone is 1. The Morgan fingerprint density at radius 1 is 1.14 bits per heavy atom. The van der Waals surface area contributed by atoms with E-state index in [1.165, 1.54) is 32.1 Å². The lowest BCUT2D eigenvalue weighted by atomic mass is 10.1. The summed E-state index contributed by atoms with van der Waals surface area (Å²) in [6.07, 6.45) is 10.3. The Balaban J connectivity index is 3.29. The van der Waals surface area contributed by atoms with E-state index in [2.05, 4.69) is 6.92 Å². The van der Waals surface area contributed by atoms with Gasteiger partial charge in [-0.3, -0.25) is 0 Å². The Morgan fingerprint density at radius 2 is 1.71 bits per heavy atom. The summed E-state index contributed by atoms with van der Waals surface area (Å²) in [6.45, 7) is 3.86.